The molecule has 104 valence electrons. The number of carbonyl (C=O) groups excluding carboxylic acids is 1. The van der Waals surface area contributed by atoms with Gasteiger partial charge < -0.3 is 10.5 Å². The van der Waals surface area contributed by atoms with Crippen molar-refractivity contribution >= 4 is 11.5 Å². The summed E-state index contributed by atoms with van der Waals surface area (Å²) in [7, 11) is 1.60. The Morgan fingerprint density at radius 3 is 2.55 bits per heavy atom. The zero-order valence-corrected chi connectivity index (χ0v) is 11.2. The Kier molecular flexibility index (Phi) is 4.35. The molecule has 0 spiro atoms. The number of Topliss-reactive ketones (excluding diaryl/α,β-unsaturated/α-hetero) is 1. The summed E-state index contributed by atoms with van der Waals surface area (Å²) < 4.78 is 18.2. The molecule has 0 saturated heterocycles. The number of nitrogen functional groups attached to an aromatic ring is 1. The van der Waals surface area contributed by atoms with E-state index in [1.165, 1.54) is 18.2 Å². The van der Waals surface area contributed by atoms with Gasteiger partial charge in [0.25, 0.3) is 0 Å². The van der Waals surface area contributed by atoms with Crippen LogP contribution < -0.4 is 10.5 Å². The molecule has 2 aromatic rings. The van der Waals surface area contributed by atoms with Crippen molar-refractivity contribution < 1.29 is 13.9 Å². The number of hydrogen-bond donors (Lipinski definition) is 1. The summed E-state index contributed by atoms with van der Waals surface area (Å²) >= 11 is 0. The maximum absolute atomic E-state index is 13.1. The number of ether oxygens (including phenoxy) is 1. The standard InChI is InChI=1S/C16H16FNO2/c1-20-13-6-2-11(3-7-13)4-9-16(19)14-10-12(17)5-8-15(14)18/h2-3,5-8,10H,4,9,18H2,1H3. The molecule has 4 heteroatoms. The average molecular weight is 273 g/mol. The van der Waals surface area contributed by atoms with Crippen molar-refractivity contribution in [3.8, 4) is 5.75 Å². The van der Waals surface area contributed by atoms with E-state index in [2.05, 4.69) is 0 Å². The Morgan fingerprint density at radius 1 is 1.20 bits per heavy atom. The molecule has 3 nitrogen and oxygen atoms in total. The van der Waals surface area contributed by atoms with Gasteiger partial charge in [0.2, 0.25) is 0 Å². The normalized spacial score (nSPS) is 10.3. The van der Waals surface area contributed by atoms with Gasteiger partial charge in [0, 0.05) is 17.7 Å². The molecular weight excluding hydrogens is 257 g/mol. The Labute approximate surface area is 117 Å². The van der Waals surface area contributed by atoms with Crippen LogP contribution in [-0.4, -0.2) is 12.9 Å². The summed E-state index contributed by atoms with van der Waals surface area (Å²) in [5.41, 5.74) is 7.28. The maximum Gasteiger partial charge on any atom is 0.165 e. The molecule has 0 fully saturated rings. The smallest absolute Gasteiger partial charge is 0.165 e. The third kappa shape index (κ3) is 3.35. The molecule has 0 heterocycles. The first kappa shape index (κ1) is 14.1. The molecule has 0 bridgehead atoms. The maximum atomic E-state index is 13.1. The van der Waals surface area contributed by atoms with Crippen molar-refractivity contribution in [2.45, 2.75) is 12.8 Å². The molecule has 0 unspecified atom stereocenters. The highest BCUT2D eigenvalue weighted by Crippen LogP contribution is 2.18. The van der Waals surface area contributed by atoms with Crippen LogP contribution in [0.3, 0.4) is 0 Å². The van der Waals surface area contributed by atoms with Crippen molar-refractivity contribution in [2.24, 2.45) is 0 Å². The van der Waals surface area contributed by atoms with E-state index in [1.54, 1.807) is 7.11 Å². The third-order valence-corrected chi connectivity index (χ3v) is 3.12. The molecule has 20 heavy (non-hydrogen) atoms. The predicted molar refractivity (Wildman–Crippen MR) is 76.5 cm³/mol. The molecule has 0 atom stereocenters. The molecule has 0 aliphatic rings. The highest BCUT2D eigenvalue weighted by atomic mass is 19.1. The quantitative estimate of drug-likeness (QED) is 0.672. The number of ketones is 1. The van der Waals surface area contributed by atoms with Crippen LogP contribution in [0.25, 0.3) is 0 Å². The summed E-state index contributed by atoms with van der Waals surface area (Å²) in [6.45, 7) is 0. The van der Waals surface area contributed by atoms with Crippen molar-refractivity contribution in [1.29, 1.82) is 0 Å². The van der Waals surface area contributed by atoms with Crippen LogP contribution in [-0.2, 0) is 6.42 Å². The molecule has 0 amide bonds. The second-order valence-corrected chi connectivity index (χ2v) is 4.50. The number of hydrogen-bond acceptors (Lipinski definition) is 3. The zero-order chi connectivity index (χ0) is 14.5. The third-order valence-electron chi connectivity index (χ3n) is 3.12. The summed E-state index contributed by atoms with van der Waals surface area (Å²) in [4.78, 5) is 12.0. The van der Waals surface area contributed by atoms with Crippen molar-refractivity contribution in [1.82, 2.24) is 0 Å². The van der Waals surface area contributed by atoms with E-state index in [0.717, 1.165) is 11.3 Å². The first-order chi connectivity index (χ1) is 9.60. The number of carbonyl (C=O) groups is 1. The minimum absolute atomic E-state index is 0.155. The lowest BCUT2D eigenvalue weighted by Gasteiger charge is -2.06. The SMILES string of the molecule is COc1ccc(CCC(=O)c2cc(F)ccc2N)cc1. The van der Waals surface area contributed by atoms with Crippen LogP contribution in [0.4, 0.5) is 10.1 Å². The number of halogens is 1. The Hall–Kier alpha value is -2.36. The molecule has 0 aliphatic heterocycles. The molecule has 2 rings (SSSR count). The fraction of sp³-hybridized carbons (Fsp3) is 0.188. The second kappa shape index (κ2) is 6.19. The Bertz CT molecular complexity index is 608. The molecule has 2 N–H and O–H groups in total. The van der Waals surface area contributed by atoms with Gasteiger partial charge in [-0.1, -0.05) is 12.1 Å². The molecule has 2 aromatic carbocycles. The number of nitrogens with two attached hydrogens (primary N) is 1. The Morgan fingerprint density at radius 2 is 1.90 bits per heavy atom. The van der Waals surface area contributed by atoms with Crippen LogP contribution >= 0.6 is 0 Å². The first-order valence-electron chi connectivity index (χ1n) is 6.31. The van der Waals surface area contributed by atoms with E-state index in [1.807, 2.05) is 24.3 Å². The van der Waals surface area contributed by atoms with Gasteiger partial charge >= 0.3 is 0 Å². The van der Waals surface area contributed by atoms with Gasteiger partial charge in [-0.2, -0.15) is 0 Å². The van der Waals surface area contributed by atoms with Gasteiger partial charge in [0.1, 0.15) is 11.6 Å². The van der Waals surface area contributed by atoms with E-state index in [9.17, 15) is 9.18 Å². The number of benzene rings is 2. The largest absolute Gasteiger partial charge is 0.497 e. The summed E-state index contributed by atoms with van der Waals surface area (Å²) in [5.74, 6) is 0.166. The topological polar surface area (TPSA) is 52.3 Å². The lowest BCUT2D eigenvalue weighted by molar-refractivity contribution is 0.0983. The van der Waals surface area contributed by atoms with Crippen LogP contribution in [0, 0.1) is 5.82 Å². The van der Waals surface area contributed by atoms with Crippen LogP contribution in [0.5, 0.6) is 5.75 Å². The van der Waals surface area contributed by atoms with E-state index in [4.69, 9.17) is 10.5 Å². The molecule has 0 saturated carbocycles. The lowest BCUT2D eigenvalue weighted by atomic mass is 10.0. The number of methoxy groups -OCH3 is 1. The second-order valence-electron chi connectivity index (χ2n) is 4.50. The van der Waals surface area contributed by atoms with Gasteiger partial charge in [-0.25, -0.2) is 4.39 Å². The number of aryl methyl sites for hydroxylation is 1. The van der Waals surface area contributed by atoms with Gasteiger partial charge in [-0.05, 0) is 42.3 Å². The molecule has 0 radical (unpaired) electrons. The number of anilines is 1. The summed E-state index contributed by atoms with van der Waals surface area (Å²) in [5, 5.41) is 0. The summed E-state index contributed by atoms with van der Waals surface area (Å²) in [6.07, 6.45) is 0.874. The van der Waals surface area contributed by atoms with Crippen LogP contribution in [0.2, 0.25) is 0 Å². The minimum Gasteiger partial charge on any atom is -0.497 e. The van der Waals surface area contributed by atoms with E-state index in [0.29, 0.717) is 18.5 Å². The monoisotopic (exact) mass is 273 g/mol. The van der Waals surface area contributed by atoms with Crippen LogP contribution in [0.1, 0.15) is 22.3 Å². The van der Waals surface area contributed by atoms with E-state index >= 15 is 0 Å². The number of rotatable bonds is 5. The predicted octanol–water partition coefficient (Wildman–Crippen LogP) is 3.23. The molecule has 0 aromatic heterocycles. The van der Waals surface area contributed by atoms with Gasteiger partial charge in [-0.3, -0.25) is 4.79 Å². The van der Waals surface area contributed by atoms with Crippen LogP contribution in [0.15, 0.2) is 42.5 Å². The highest BCUT2D eigenvalue weighted by molar-refractivity contribution is 6.00. The fourth-order valence-electron chi connectivity index (χ4n) is 1.95. The first-order valence-corrected chi connectivity index (χ1v) is 6.31. The Balaban J connectivity index is 2.02. The lowest BCUT2D eigenvalue weighted by Crippen LogP contribution is -2.05. The minimum atomic E-state index is -0.452. The van der Waals surface area contributed by atoms with E-state index in [-0.39, 0.29) is 11.3 Å². The van der Waals surface area contributed by atoms with Crippen molar-refractivity contribution in [3.05, 3.63) is 59.4 Å². The van der Waals surface area contributed by atoms with Crippen molar-refractivity contribution in [2.75, 3.05) is 12.8 Å². The average Bonchev–Trinajstić information content (AvgIpc) is 2.47. The van der Waals surface area contributed by atoms with Crippen molar-refractivity contribution in [3.63, 3.8) is 0 Å². The van der Waals surface area contributed by atoms with Gasteiger partial charge in [0.05, 0.1) is 7.11 Å². The summed E-state index contributed by atoms with van der Waals surface area (Å²) in [6, 6.07) is 11.3. The molecule has 0 aliphatic carbocycles. The highest BCUT2D eigenvalue weighted by Gasteiger charge is 2.11. The van der Waals surface area contributed by atoms with Gasteiger partial charge in [0.15, 0.2) is 5.78 Å². The fourth-order valence-corrected chi connectivity index (χ4v) is 1.95. The van der Waals surface area contributed by atoms with E-state index < -0.39 is 5.82 Å². The zero-order valence-electron chi connectivity index (χ0n) is 11.2. The van der Waals surface area contributed by atoms with Gasteiger partial charge in [-0.15, -0.1) is 0 Å². The molecular formula is C16H16FNO2.